The number of hydrogen-bond donors (Lipinski definition) is 1. The van der Waals surface area contributed by atoms with Gasteiger partial charge in [0.2, 0.25) is 0 Å². The van der Waals surface area contributed by atoms with E-state index in [4.69, 9.17) is 4.74 Å². The van der Waals surface area contributed by atoms with Gasteiger partial charge in [0.25, 0.3) is 0 Å². The fourth-order valence-corrected chi connectivity index (χ4v) is 2.34. The lowest BCUT2D eigenvalue weighted by atomic mass is 9.87. The lowest BCUT2D eigenvalue weighted by Gasteiger charge is -2.26. The van der Waals surface area contributed by atoms with Gasteiger partial charge in [-0.2, -0.15) is 0 Å². The molecule has 1 saturated carbocycles. The normalized spacial score (nSPS) is 23.4. The molecule has 1 fully saturated rings. The molecular formula is C15H21NO2. The van der Waals surface area contributed by atoms with Crippen molar-refractivity contribution in [2.75, 3.05) is 0 Å². The smallest absolute Gasteiger partial charge is 0.407 e. The molecule has 1 amide bonds. The Labute approximate surface area is 109 Å². The second-order valence-electron chi connectivity index (χ2n) is 5.16. The highest BCUT2D eigenvalue weighted by Crippen LogP contribution is 2.23. The van der Waals surface area contributed by atoms with Crippen molar-refractivity contribution < 1.29 is 9.53 Å². The summed E-state index contributed by atoms with van der Waals surface area (Å²) >= 11 is 0. The van der Waals surface area contributed by atoms with Crippen LogP contribution in [0.25, 0.3) is 0 Å². The predicted molar refractivity (Wildman–Crippen MR) is 71.2 cm³/mol. The van der Waals surface area contributed by atoms with Crippen LogP contribution < -0.4 is 5.32 Å². The Kier molecular flexibility index (Phi) is 4.62. The fraction of sp³-hybridized carbons (Fsp3) is 0.533. The van der Waals surface area contributed by atoms with Gasteiger partial charge in [0.1, 0.15) is 6.61 Å². The predicted octanol–water partition coefficient (Wildman–Crippen LogP) is 3.49. The molecule has 0 aliphatic heterocycles. The monoisotopic (exact) mass is 247 g/mol. The summed E-state index contributed by atoms with van der Waals surface area (Å²) < 4.78 is 5.21. The zero-order valence-electron chi connectivity index (χ0n) is 10.9. The second kappa shape index (κ2) is 6.43. The first-order chi connectivity index (χ1) is 8.74. The number of carbonyl (C=O) groups excluding carboxylic acids is 1. The molecule has 2 rings (SSSR count). The molecule has 3 nitrogen and oxygen atoms in total. The molecule has 1 aromatic carbocycles. The Hall–Kier alpha value is -1.51. The maximum Gasteiger partial charge on any atom is 0.407 e. The van der Waals surface area contributed by atoms with Crippen LogP contribution >= 0.6 is 0 Å². The first kappa shape index (κ1) is 12.9. The minimum atomic E-state index is -0.293. The molecule has 0 aromatic heterocycles. The summed E-state index contributed by atoms with van der Waals surface area (Å²) in [5, 5.41) is 2.95. The van der Waals surface area contributed by atoms with Crippen molar-refractivity contribution >= 4 is 6.09 Å². The average molecular weight is 247 g/mol. The number of carbonyl (C=O) groups is 1. The Bertz CT molecular complexity index is 369. The molecule has 0 radical (unpaired) electrons. The van der Waals surface area contributed by atoms with Gasteiger partial charge in [-0.25, -0.2) is 4.79 Å². The van der Waals surface area contributed by atoms with Gasteiger partial charge in [0.05, 0.1) is 0 Å². The maximum absolute atomic E-state index is 11.6. The lowest BCUT2D eigenvalue weighted by molar-refractivity contribution is 0.131. The maximum atomic E-state index is 11.6. The van der Waals surface area contributed by atoms with Gasteiger partial charge in [-0.3, -0.25) is 0 Å². The molecule has 1 aliphatic carbocycles. The fourth-order valence-electron chi connectivity index (χ4n) is 2.34. The van der Waals surface area contributed by atoms with E-state index in [9.17, 15) is 4.79 Å². The molecular weight excluding hydrogens is 226 g/mol. The summed E-state index contributed by atoms with van der Waals surface area (Å²) in [6.45, 7) is 2.61. The summed E-state index contributed by atoms with van der Waals surface area (Å²) in [4.78, 5) is 11.6. The molecule has 0 saturated heterocycles. The van der Waals surface area contributed by atoms with Crippen molar-refractivity contribution in [2.45, 2.75) is 45.3 Å². The van der Waals surface area contributed by atoms with Crippen LogP contribution in [-0.4, -0.2) is 12.1 Å². The van der Waals surface area contributed by atoms with E-state index in [2.05, 4.69) is 12.2 Å². The summed E-state index contributed by atoms with van der Waals surface area (Å²) in [5.41, 5.74) is 1.02. The molecule has 1 aromatic rings. The SMILES string of the molecule is CC1CCC(NC(=O)OCc2ccccc2)CC1. The van der Waals surface area contributed by atoms with Gasteiger partial charge < -0.3 is 10.1 Å². The van der Waals surface area contributed by atoms with Gasteiger partial charge in [-0.15, -0.1) is 0 Å². The molecule has 0 atom stereocenters. The largest absolute Gasteiger partial charge is 0.445 e. The van der Waals surface area contributed by atoms with Crippen LogP contribution in [0.5, 0.6) is 0 Å². The number of ether oxygens (including phenoxy) is 1. The van der Waals surface area contributed by atoms with E-state index in [1.165, 1.54) is 12.8 Å². The van der Waals surface area contributed by atoms with Gasteiger partial charge in [0, 0.05) is 6.04 Å². The van der Waals surface area contributed by atoms with Crippen LogP contribution in [0.15, 0.2) is 30.3 Å². The number of alkyl carbamates (subject to hydrolysis) is 1. The van der Waals surface area contributed by atoms with Crippen molar-refractivity contribution in [1.29, 1.82) is 0 Å². The Morgan fingerprint density at radius 2 is 1.89 bits per heavy atom. The van der Waals surface area contributed by atoms with E-state index < -0.39 is 0 Å². The molecule has 0 spiro atoms. The molecule has 3 heteroatoms. The van der Waals surface area contributed by atoms with Crippen LogP contribution in [0.3, 0.4) is 0 Å². The van der Waals surface area contributed by atoms with E-state index in [0.29, 0.717) is 12.6 Å². The van der Waals surface area contributed by atoms with Crippen LogP contribution in [0.2, 0.25) is 0 Å². The van der Waals surface area contributed by atoms with Crippen LogP contribution in [0.1, 0.15) is 38.2 Å². The third-order valence-corrected chi connectivity index (χ3v) is 3.55. The van der Waals surface area contributed by atoms with Gasteiger partial charge in [-0.05, 0) is 37.2 Å². The third-order valence-electron chi connectivity index (χ3n) is 3.55. The molecule has 0 heterocycles. The topological polar surface area (TPSA) is 38.3 Å². The van der Waals surface area contributed by atoms with Crippen molar-refractivity contribution in [3.05, 3.63) is 35.9 Å². The quantitative estimate of drug-likeness (QED) is 0.888. The Morgan fingerprint density at radius 1 is 1.22 bits per heavy atom. The van der Waals surface area contributed by atoms with Crippen LogP contribution in [-0.2, 0) is 11.3 Å². The van der Waals surface area contributed by atoms with E-state index in [1.807, 2.05) is 30.3 Å². The number of rotatable bonds is 3. The Balaban J connectivity index is 1.69. The van der Waals surface area contributed by atoms with Gasteiger partial charge >= 0.3 is 6.09 Å². The molecule has 98 valence electrons. The van der Waals surface area contributed by atoms with E-state index in [-0.39, 0.29) is 6.09 Å². The molecule has 1 N–H and O–H groups in total. The number of nitrogens with one attached hydrogen (secondary N) is 1. The van der Waals surface area contributed by atoms with E-state index in [1.54, 1.807) is 0 Å². The average Bonchev–Trinajstić information content (AvgIpc) is 2.40. The molecule has 1 aliphatic rings. The van der Waals surface area contributed by atoms with E-state index in [0.717, 1.165) is 24.3 Å². The highest BCUT2D eigenvalue weighted by atomic mass is 16.5. The zero-order valence-corrected chi connectivity index (χ0v) is 10.9. The van der Waals surface area contributed by atoms with Gasteiger partial charge in [0.15, 0.2) is 0 Å². The van der Waals surface area contributed by atoms with Crippen LogP contribution in [0, 0.1) is 5.92 Å². The standard InChI is InChI=1S/C15H21NO2/c1-12-7-9-14(10-8-12)16-15(17)18-11-13-5-3-2-4-6-13/h2-6,12,14H,7-11H2,1H3,(H,16,17). The minimum Gasteiger partial charge on any atom is -0.445 e. The van der Waals surface area contributed by atoms with Crippen molar-refractivity contribution in [2.24, 2.45) is 5.92 Å². The minimum absolute atomic E-state index is 0.293. The molecule has 0 unspecified atom stereocenters. The first-order valence-corrected chi connectivity index (χ1v) is 6.71. The van der Waals surface area contributed by atoms with Crippen LogP contribution in [0.4, 0.5) is 4.79 Å². The third kappa shape index (κ3) is 4.06. The lowest BCUT2D eigenvalue weighted by Crippen LogP contribution is -2.37. The van der Waals surface area contributed by atoms with Crippen molar-refractivity contribution in [1.82, 2.24) is 5.32 Å². The summed E-state index contributed by atoms with van der Waals surface area (Å²) in [6.07, 6.45) is 4.25. The summed E-state index contributed by atoms with van der Waals surface area (Å²) in [5.74, 6) is 0.795. The molecule has 0 bridgehead atoms. The summed E-state index contributed by atoms with van der Waals surface area (Å²) in [7, 11) is 0. The first-order valence-electron chi connectivity index (χ1n) is 6.71. The zero-order chi connectivity index (χ0) is 12.8. The van der Waals surface area contributed by atoms with E-state index >= 15 is 0 Å². The van der Waals surface area contributed by atoms with Crippen molar-refractivity contribution in [3.63, 3.8) is 0 Å². The summed E-state index contributed by atoms with van der Waals surface area (Å²) in [6, 6.07) is 10.0. The van der Waals surface area contributed by atoms with Gasteiger partial charge in [-0.1, -0.05) is 37.3 Å². The highest BCUT2D eigenvalue weighted by molar-refractivity contribution is 5.67. The number of amides is 1. The second-order valence-corrected chi connectivity index (χ2v) is 5.16. The highest BCUT2D eigenvalue weighted by Gasteiger charge is 2.20. The Morgan fingerprint density at radius 3 is 2.56 bits per heavy atom. The number of hydrogen-bond acceptors (Lipinski definition) is 2. The number of benzene rings is 1. The molecule has 18 heavy (non-hydrogen) atoms. The van der Waals surface area contributed by atoms with Crippen molar-refractivity contribution in [3.8, 4) is 0 Å².